The summed E-state index contributed by atoms with van der Waals surface area (Å²) in [4.78, 5) is 3.38. The van der Waals surface area contributed by atoms with Gasteiger partial charge in [-0.15, -0.1) is 11.6 Å². The molecule has 1 aromatic heterocycles. The summed E-state index contributed by atoms with van der Waals surface area (Å²) in [6, 6.07) is 0.981. The third-order valence-electron chi connectivity index (χ3n) is 1.38. The van der Waals surface area contributed by atoms with Gasteiger partial charge in [-0.2, -0.15) is 0 Å². The fourth-order valence-electron chi connectivity index (χ4n) is 0.778. The molecule has 0 saturated heterocycles. The first-order valence-electron chi connectivity index (χ1n) is 3.25. The number of pyridine rings is 1. The van der Waals surface area contributed by atoms with E-state index in [-0.39, 0.29) is 15.1 Å². The smallest absolute Gasteiger partial charge is 0.238 e. The van der Waals surface area contributed by atoms with Crippen molar-refractivity contribution in [3.05, 3.63) is 26.8 Å². The van der Waals surface area contributed by atoms with Gasteiger partial charge in [-0.25, -0.2) is 18.2 Å². The van der Waals surface area contributed by atoms with Gasteiger partial charge >= 0.3 is 0 Å². The highest BCUT2D eigenvalue weighted by Crippen LogP contribution is 2.22. The molecule has 13 heavy (non-hydrogen) atoms. The summed E-state index contributed by atoms with van der Waals surface area (Å²) >= 11 is 6.92. The van der Waals surface area contributed by atoms with Crippen molar-refractivity contribution < 1.29 is 13.2 Å². The monoisotopic (exact) mass is 321 g/mol. The summed E-state index contributed by atoms with van der Waals surface area (Å²) in [5.74, 6) is -0.760. The van der Waals surface area contributed by atoms with Crippen molar-refractivity contribution >= 4 is 34.2 Å². The maximum absolute atomic E-state index is 13.0. The van der Waals surface area contributed by atoms with Gasteiger partial charge in [0.15, 0.2) is 5.82 Å². The maximum Gasteiger partial charge on any atom is 0.280 e. The predicted octanol–water partition coefficient (Wildman–Crippen LogP) is 3.50. The Morgan fingerprint density at radius 1 is 1.54 bits per heavy atom. The van der Waals surface area contributed by atoms with Crippen molar-refractivity contribution in [3.63, 3.8) is 0 Å². The maximum atomic E-state index is 13.0. The van der Waals surface area contributed by atoms with Crippen LogP contribution in [0.25, 0.3) is 0 Å². The van der Waals surface area contributed by atoms with Crippen LogP contribution in [0.15, 0.2) is 6.07 Å². The van der Waals surface area contributed by atoms with Gasteiger partial charge in [-0.3, -0.25) is 0 Å². The van der Waals surface area contributed by atoms with Gasteiger partial charge in [0.1, 0.15) is 9.39 Å². The summed E-state index contributed by atoms with van der Waals surface area (Å²) in [6.07, 6.45) is -2.70. The lowest BCUT2D eigenvalue weighted by molar-refractivity contribution is 0.145. The van der Waals surface area contributed by atoms with Crippen LogP contribution < -0.4 is 0 Å². The number of alkyl halides is 3. The molecule has 0 atom stereocenters. The molecule has 1 nitrogen and oxygen atoms in total. The molecule has 0 amide bonds. The van der Waals surface area contributed by atoms with Crippen molar-refractivity contribution in [1.82, 2.24) is 4.98 Å². The molecular formula is C7H4ClF3IN. The quantitative estimate of drug-likeness (QED) is 0.461. The second kappa shape index (κ2) is 4.45. The number of aromatic nitrogens is 1. The van der Waals surface area contributed by atoms with Crippen LogP contribution in [0.3, 0.4) is 0 Å². The Morgan fingerprint density at radius 2 is 2.15 bits per heavy atom. The largest absolute Gasteiger partial charge is 0.280 e. The molecule has 72 valence electrons. The lowest BCUT2D eigenvalue weighted by atomic mass is 10.2. The van der Waals surface area contributed by atoms with E-state index in [9.17, 15) is 13.2 Å². The number of nitrogens with zero attached hydrogens (tertiary/aromatic N) is 1. The van der Waals surface area contributed by atoms with Crippen molar-refractivity contribution in [1.29, 1.82) is 0 Å². The molecule has 1 aromatic rings. The van der Waals surface area contributed by atoms with E-state index in [4.69, 9.17) is 11.6 Å². The molecule has 0 unspecified atom stereocenters. The molecule has 0 N–H and O–H groups in total. The molecular weight excluding hydrogens is 317 g/mol. The van der Waals surface area contributed by atoms with Crippen LogP contribution in [-0.2, 0) is 5.88 Å². The highest BCUT2D eigenvalue weighted by atomic mass is 127. The highest BCUT2D eigenvalue weighted by molar-refractivity contribution is 14.1. The summed E-state index contributed by atoms with van der Waals surface area (Å²) in [7, 11) is 0. The van der Waals surface area contributed by atoms with Gasteiger partial charge in [0.25, 0.3) is 6.43 Å². The van der Waals surface area contributed by atoms with Crippen LogP contribution >= 0.6 is 34.2 Å². The summed E-state index contributed by atoms with van der Waals surface area (Å²) in [6.45, 7) is 0. The summed E-state index contributed by atoms with van der Waals surface area (Å²) in [5, 5.41) is 0. The van der Waals surface area contributed by atoms with Gasteiger partial charge in [0, 0.05) is 5.56 Å². The number of rotatable bonds is 2. The first-order chi connectivity index (χ1) is 6.06. The normalized spacial score (nSPS) is 10.9. The van der Waals surface area contributed by atoms with Gasteiger partial charge in [0.2, 0.25) is 0 Å². The zero-order valence-electron chi connectivity index (χ0n) is 6.20. The minimum Gasteiger partial charge on any atom is -0.238 e. The fraction of sp³-hybridized carbons (Fsp3) is 0.286. The van der Waals surface area contributed by atoms with Crippen molar-refractivity contribution in [3.8, 4) is 0 Å². The summed E-state index contributed by atoms with van der Waals surface area (Å²) < 4.78 is 37.3. The summed E-state index contributed by atoms with van der Waals surface area (Å²) in [5.41, 5.74) is -0.391. The third kappa shape index (κ3) is 2.46. The average Bonchev–Trinajstić information content (AvgIpc) is 2.09. The highest BCUT2D eigenvalue weighted by Gasteiger charge is 2.15. The zero-order chi connectivity index (χ0) is 10.0. The fourth-order valence-corrected chi connectivity index (χ4v) is 1.60. The van der Waals surface area contributed by atoms with Gasteiger partial charge in [-0.1, -0.05) is 0 Å². The van der Waals surface area contributed by atoms with Crippen molar-refractivity contribution in [2.45, 2.75) is 12.3 Å². The minimum absolute atomic E-state index is 0.0522. The third-order valence-corrected chi connectivity index (χ3v) is 2.38. The molecule has 0 fully saturated rings. The zero-order valence-corrected chi connectivity index (χ0v) is 9.11. The van der Waals surface area contributed by atoms with E-state index < -0.39 is 17.9 Å². The molecule has 0 aliphatic carbocycles. The molecule has 0 aliphatic rings. The lowest BCUT2D eigenvalue weighted by Crippen LogP contribution is -2.00. The Hall–Kier alpha value is -0.0400. The SMILES string of the molecule is Fc1c(CCl)cc(C(F)F)nc1I. The molecule has 0 saturated carbocycles. The standard InChI is InChI=1S/C7H4ClF3IN/c8-2-3-1-4(6(10)11)13-7(12)5(3)9/h1,6H,2H2. The Balaban J connectivity index is 3.22. The van der Waals surface area contributed by atoms with Crippen molar-refractivity contribution in [2.24, 2.45) is 0 Å². The molecule has 6 heteroatoms. The van der Waals surface area contributed by atoms with Gasteiger partial charge in [-0.05, 0) is 28.7 Å². The molecule has 0 radical (unpaired) electrons. The van der Waals surface area contributed by atoms with Gasteiger partial charge in [0.05, 0.1) is 5.88 Å². The first-order valence-corrected chi connectivity index (χ1v) is 4.86. The molecule has 0 aliphatic heterocycles. The lowest BCUT2D eigenvalue weighted by Gasteiger charge is -2.04. The van der Waals surface area contributed by atoms with E-state index in [1.807, 2.05) is 0 Å². The first kappa shape index (κ1) is 11.0. The van der Waals surface area contributed by atoms with Crippen molar-refractivity contribution in [2.75, 3.05) is 0 Å². The molecule has 1 heterocycles. The average molecular weight is 321 g/mol. The topological polar surface area (TPSA) is 12.9 Å². The van der Waals surface area contributed by atoms with E-state index in [0.717, 1.165) is 6.07 Å². The number of hydrogen-bond acceptors (Lipinski definition) is 1. The van der Waals surface area contributed by atoms with Crippen LogP contribution in [0.4, 0.5) is 13.2 Å². The number of halogens is 5. The van der Waals surface area contributed by atoms with E-state index in [2.05, 4.69) is 4.98 Å². The molecule has 0 aromatic carbocycles. The molecule has 0 spiro atoms. The Morgan fingerprint density at radius 3 is 2.62 bits per heavy atom. The second-order valence-electron chi connectivity index (χ2n) is 2.25. The minimum atomic E-state index is -2.70. The van der Waals surface area contributed by atoms with E-state index in [1.165, 1.54) is 0 Å². The van der Waals surface area contributed by atoms with Crippen LogP contribution in [0.1, 0.15) is 17.7 Å². The van der Waals surface area contributed by atoms with Crippen LogP contribution in [0.2, 0.25) is 0 Å². The molecule has 0 bridgehead atoms. The van der Waals surface area contributed by atoms with Gasteiger partial charge < -0.3 is 0 Å². The van der Waals surface area contributed by atoms with Crippen LogP contribution in [0, 0.1) is 9.52 Å². The van der Waals surface area contributed by atoms with E-state index in [1.54, 1.807) is 22.6 Å². The number of hydrogen-bond donors (Lipinski definition) is 0. The second-order valence-corrected chi connectivity index (χ2v) is 3.53. The Labute approximate surface area is 91.4 Å². The van der Waals surface area contributed by atoms with E-state index >= 15 is 0 Å². The van der Waals surface area contributed by atoms with Crippen LogP contribution in [0.5, 0.6) is 0 Å². The molecule has 1 rings (SSSR count). The Kier molecular flexibility index (Phi) is 3.78. The van der Waals surface area contributed by atoms with Crippen LogP contribution in [-0.4, -0.2) is 4.98 Å². The Bertz CT molecular complexity index is 319. The van der Waals surface area contributed by atoms with E-state index in [0.29, 0.717) is 0 Å². The predicted molar refractivity (Wildman–Crippen MR) is 51.4 cm³/mol.